The largest absolute Gasteiger partial charge is 0.488 e. The Balaban J connectivity index is 1.97. The Hall–Kier alpha value is -1.36. The van der Waals surface area contributed by atoms with Gasteiger partial charge in [0, 0.05) is 12.1 Å². The summed E-state index contributed by atoms with van der Waals surface area (Å²) >= 11 is 0. The SMILES string of the molecule is CC1CCC(COc2cc(F)c(N)cc2F)O1. The van der Waals surface area contributed by atoms with E-state index in [4.69, 9.17) is 15.2 Å². The summed E-state index contributed by atoms with van der Waals surface area (Å²) in [4.78, 5) is 0. The quantitative estimate of drug-likeness (QED) is 0.829. The number of hydrogen-bond acceptors (Lipinski definition) is 3. The molecule has 0 bridgehead atoms. The van der Waals surface area contributed by atoms with Gasteiger partial charge in [-0.25, -0.2) is 8.78 Å². The number of ether oxygens (including phenoxy) is 2. The summed E-state index contributed by atoms with van der Waals surface area (Å²) in [7, 11) is 0. The Kier molecular flexibility index (Phi) is 3.47. The van der Waals surface area contributed by atoms with Crippen LogP contribution in [0.2, 0.25) is 0 Å². The van der Waals surface area contributed by atoms with E-state index in [0.29, 0.717) is 0 Å². The molecule has 0 aliphatic carbocycles. The number of nitrogens with two attached hydrogens (primary N) is 1. The summed E-state index contributed by atoms with van der Waals surface area (Å²) in [6.07, 6.45) is 1.99. The molecule has 1 heterocycles. The van der Waals surface area contributed by atoms with Crippen LogP contribution in [0.4, 0.5) is 14.5 Å². The van der Waals surface area contributed by atoms with Crippen molar-refractivity contribution in [2.75, 3.05) is 12.3 Å². The van der Waals surface area contributed by atoms with Gasteiger partial charge in [-0.15, -0.1) is 0 Å². The van der Waals surface area contributed by atoms with Crippen molar-refractivity contribution >= 4 is 5.69 Å². The molecule has 2 N–H and O–H groups in total. The van der Waals surface area contributed by atoms with Gasteiger partial charge in [0.05, 0.1) is 17.9 Å². The Bertz CT molecular complexity index is 412. The van der Waals surface area contributed by atoms with Crippen LogP contribution in [0.25, 0.3) is 0 Å². The fourth-order valence-electron chi connectivity index (χ4n) is 1.85. The first-order valence-electron chi connectivity index (χ1n) is 5.59. The lowest BCUT2D eigenvalue weighted by Gasteiger charge is -2.13. The van der Waals surface area contributed by atoms with Crippen molar-refractivity contribution < 1.29 is 18.3 Å². The zero-order valence-corrected chi connectivity index (χ0v) is 9.58. The third kappa shape index (κ3) is 2.85. The topological polar surface area (TPSA) is 44.5 Å². The molecule has 0 spiro atoms. The van der Waals surface area contributed by atoms with Crippen LogP contribution in [0.15, 0.2) is 12.1 Å². The average molecular weight is 243 g/mol. The highest BCUT2D eigenvalue weighted by molar-refractivity contribution is 5.44. The average Bonchev–Trinajstić information content (AvgIpc) is 2.68. The molecular weight excluding hydrogens is 228 g/mol. The van der Waals surface area contributed by atoms with E-state index in [9.17, 15) is 8.78 Å². The lowest BCUT2D eigenvalue weighted by Crippen LogP contribution is -2.18. The summed E-state index contributed by atoms with van der Waals surface area (Å²) in [6.45, 7) is 2.20. The predicted molar refractivity (Wildman–Crippen MR) is 59.8 cm³/mol. The van der Waals surface area contributed by atoms with Crippen LogP contribution in [0.3, 0.4) is 0 Å². The standard InChI is InChI=1S/C12H15F2NO2/c1-7-2-3-8(17-7)6-16-12-5-9(13)11(15)4-10(12)14/h4-5,7-8H,2-3,6,15H2,1H3. The van der Waals surface area contributed by atoms with Crippen LogP contribution < -0.4 is 10.5 Å². The molecule has 0 radical (unpaired) electrons. The Morgan fingerprint density at radius 3 is 2.76 bits per heavy atom. The van der Waals surface area contributed by atoms with Crippen molar-refractivity contribution in [1.82, 2.24) is 0 Å². The van der Waals surface area contributed by atoms with E-state index in [0.717, 1.165) is 25.0 Å². The number of benzene rings is 1. The molecule has 5 heteroatoms. The van der Waals surface area contributed by atoms with Crippen molar-refractivity contribution in [1.29, 1.82) is 0 Å². The number of hydrogen-bond donors (Lipinski definition) is 1. The second kappa shape index (κ2) is 4.87. The minimum atomic E-state index is -0.679. The van der Waals surface area contributed by atoms with Gasteiger partial charge in [-0.2, -0.15) is 0 Å². The molecule has 1 aliphatic rings. The normalized spacial score (nSPS) is 23.9. The molecule has 2 unspecified atom stereocenters. The molecule has 1 saturated heterocycles. The second-order valence-corrected chi connectivity index (χ2v) is 4.26. The van der Waals surface area contributed by atoms with E-state index < -0.39 is 11.6 Å². The van der Waals surface area contributed by atoms with E-state index >= 15 is 0 Å². The molecule has 17 heavy (non-hydrogen) atoms. The van der Waals surface area contributed by atoms with Crippen LogP contribution in [0.5, 0.6) is 5.75 Å². The minimum Gasteiger partial charge on any atom is -0.488 e. The second-order valence-electron chi connectivity index (χ2n) is 4.26. The molecule has 1 fully saturated rings. The van der Waals surface area contributed by atoms with E-state index in [1.54, 1.807) is 0 Å². The Labute approximate surface area is 98.5 Å². The van der Waals surface area contributed by atoms with Gasteiger partial charge in [0.25, 0.3) is 0 Å². The van der Waals surface area contributed by atoms with Crippen LogP contribution in [-0.4, -0.2) is 18.8 Å². The third-order valence-corrected chi connectivity index (χ3v) is 2.80. The van der Waals surface area contributed by atoms with E-state index in [1.165, 1.54) is 0 Å². The summed E-state index contributed by atoms with van der Waals surface area (Å²) in [5.74, 6) is -1.46. The zero-order valence-electron chi connectivity index (χ0n) is 9.58. The highest BCUT2D eigenvalue weighted by Gasteiger charge is 2.22. The fourth-order valence-corrected chi connectivity index (χ4v) is 1.85. The van der Waals surface area contributed by atoms with Gasteiger partial charge < -0.3 is 15.2 Å². The zero-order chi connectivity index (χ0) is 12.4. The molecule has 0 saturated carbocycles. The first kappa shape index (κ1) is 12.1. The summed E-state index contributed by atoms with van der Waals surface area (Å²) < 4.78 is 37.2. The number of anilines is 1. The monoisotopic (exact) mass is 243 g/mol. The highest BCUT2D eigenvalue weighted by atomic mass is 19.1. The molecule has 0 amide bonds. The molecule has 1 aromatic rings. The third-order valence-electron chi connectivity index (χ3n) is 2.80. The van der Waals surface area contributed by atoms with Gasteiger partial charge in [-0.05, 0) is 19.8 Å². The highest BCUT2D eigenvalue weighted by Crippen LogP contribution is 2.25. The lowest BCUT2D eigenvalue weighted by atomic mass is 10.2. The molecule has 3 nitrogen and oxygen atoms in total. The van der Waals surface area contributed by atoms with Gasteiger partial charge >= 0.3 is 0 Å². The van der Waals surface area contributed by atoms with Gasteiger partial charge in [-0.3, -0.25) is 0 Å². The summed E-state index contributed by atoms with van der Waals surface area (Å²) in [5, 5.41) is 0. The molecule has 1 aromatic carbocycles. The van der Waals surface area contributed by atoms with Crippen LogP contribution in [-0.2, 0) is 4.74 Å². The molecule has 94 valence electrons. The predicted octanol–water partition coefficient (Wildman–Crippen LogP) is 2.49. The van der Waals surface area contributed by atoms with Crippen molar-refractivity contribution in [3.8, 4) is 5.75 Å². The van der Waals surface area contributed by atoms with E-state index in [-0.39, 0.29) is 30.3 Å². The molecule has 0 aromatic heterocycles. The van der Waals surface area contributed by atoms with Crippen molar-refractivity contribution in [3.05, 3.63) is 23.8 Å². The Morgan fingerprint density at radius 2 is 2.12 bits per heavy atom. The van der Waals surface area contributed by atoms with Gasteiger partial charge in [-0.1, -0.05) is 0 Å². The van der Waals surface area contributed by atoms with Crippen molar-refractivity contribution in [2.45, 2.75) is 32.0 Å². The molecule has 2 atom stereocenters. The first-order valence-corrected chi connectivity index (χ1v) is 5.59. The van der Waals surface area contributed by atoms with Crippen LogP contribution in [0, 0.1) is 11.6 Å². The lowest BCUT2D eigenvalue weighted by molar-refractivity contribution is 0.0255. The maximum atomic E-state index is 13.4. The molecule has 1 aliphatic heterocycles. The fraction of sp³-hybridized carbons (Fsp3) is 0.500. The van der Waals surface area contributed by atoms with E-state index in [2.05, 4.69) is 0 Å². The first-order chi connectivity index (χ1) is 8.06. The summed E-state index contributed by atoms with van der Waals surface area (Å²) in [5.41, 5.74) is 5.01. The minimum absolute atomic E-state index is 0.0509. The number of rotatable bonds is 3. The maximum Gasteiger partial charge on any atom is 0.167 e. The smallest absolute Gasteiger partial charge is 0.167 e. The van der Waals surface area contributed by atoms with Gasteiger partial charge in [0.1, 0.15) is 12.4 Å². The van der Waals surface area contributed by atoms with E-state index in [1.807, 2.05) is 6.92 Å². The molecular formula is C12H15F2NO2. The maximum absolute atomic E-state index is 13.4. The molecule has 2 rings (SSSR count). The van der Waals surface area contributed by atoms with Crippen LogP contribution >= 0.6 is 0 Å². The number of halogens is 2. The summed E-state index contributed by atoms with van der Waals surface area (Å²) in [6, 6.07) is 1.88. The van der Waals surface area contributed by atoms with Crippen molar-refractivity contribution in [3.63, 3.8) is 0 Å². The van der Waals surface area contributed by atoms with Gasteiger partial charge in [0.2, 0.25) is 0 Å². The number of nitrogen functional groups attached to an aromatic ring is 1. The van der Waals surface area contributed by atoms with Crippen LogP contribution in [0.1, 0.15) is 19.8 Å². The van der Waals surface area contributed by atoms with Gasteiger partial charge in [0.15, 0.2) is 11.6 Å². The Morgan fingerprint density at radius 1 is 1.35 bits per heavy atom. The van der Waals surface area contributed by atoms with Crippen molar-refractivity contribution in [2.24, 2.45) is 0 Å².